The van der Waals surface area contributed by atoms with Crippen LogP contribution in [0.25, 0.3) is 10.4 Å². The molecule has 0 atom stereocenters. The number of hydrogen-bond acceptors (Lipinski definition) is 3. The van der Waals surface area contributed by atoms with E-state index in [1.165, 1.54) is 0 Å². The lowest BCUT2D eigenvalue weighted by Crippen LogP contribution is -1.77. The molecule has 1 aromatic carbocycles. The monoisotopic (exact) mass is 201 g/mol. The molecule has 0 spiro atoms. The molecule has 1 N–H and O–H groups in total. The minimum atomic E-state index is 0.0402. The maximum Gasteiger partial charge on any atom is 0.133 e. The molecule has 0 aliphatic heterocycles. The molecule has 0 unspecified atom stereocenters. The highest BCUT2D eigenvalue weighted by atomic mass is 32.1. The molecule has 0 aliphatic rings. The third kappa shape index (κ3) is 1.48. The van der Waals surface area contributed by atoms with Crippen LogP contribution in [0.15, 0.2) is 35.7 Å². The summed E-state index contributed by atoms with van der Waals surface area (Å²) >= 11 is 1.60. The van der Waals surface area contributed by atoms with Crippen molar-refractivity contribution in [2.45, 2.75) is 0 Å². The summed E-state index contributed by atoms with van der Waals surface area (Å²) in [5, 5.41) is 20.1. The summed E-state index contributed by atoms with van der Waals surface area (Å²) in [6.07, 6.45) is 0. The average molecular weight is 201 g/mol. The van der Waals surface area contributed by atoms with Crippen LogP contribution >= 0.6 is 11.3 Å². The van der Waals surface area contributed by atoms with E-state index in [1.807, 2.05) is 29.6 Å². The molecular weight excluding hydrogens is 194 g/mol. The Morgan fingerprint density at radius 1 is 1.29 bits per heavy atom. The minimum absolute atomic E-state index is 0.0402. The fourth-order valence-corrected chi connectivity index (χ4v) is 1.95. The van der Waals surface area contributed by atoms with Gasteiger partial charge in [-0.3, -0.25) is 0 Å². The van der Waals surface area contributed by atoms with Crippen LogP contribution in [-0.2, 0) is 0 Å². The standard InChI is InChI=1S/C11H7NOS/c12-7-9-4-3-8(6-10(9)13)11-2-1-5-14-11/h1-6,13H. The fraction of sp³-hybridized carbons (Fsp3) is 0. The largest absolute Gasteiger partial charge is 0.507 e. The Kier molecular flexibility index (Phi) is 2.21. The highest BCUT2D eigenvalue weighted by Gasteiger charge is 2.03. The topological polar surface area (TPSA) is 44.0 Å². The Morgan fingerprint density at radius 2 is 2.14 bits per heavy atom. The van der Waals surface area contributed by atoms with Crippen molar-refractivity contribution in [1.82, 2.24) is 0 Å². The number of benzene rings is 1. The van der Waals surface area contributed by atoms with E-state index in [1.54, 1.807) is 23.5 Å². The molecule has 1 aromatic heterocycles. The van der Waals surface area contributed by atoms with Crippen molar-refractivity contribution in [2.75, 3.05) is 0 Å². The number of phenolic OH excluding ortho intramolecular Hbond substituents is 1. The minimum Gasteiger partial charge on any atom is -0.507 e. The number of rotatable bonds is 1. The molecule has 0 amide bonds. The van der Waals surface area contributed by atoms with Gasteiger partial charge in [0.05, 0.1) is 5.56 Å². The maximum atomic E-state index is 9.47. The zero-order valence-corrected chi connectivity index (χ0v) is 8.08. The van der Waals surface area contributed by atoms with Crippen LogP contribution in [0.5, 0.6) is 5.75 Å². The highest BCUT2D eigenvalue weighted by Crippen LogP contribution is 2.28. The highest BCUT2D eigenvalue weighted by molar-refractivity contribution is 7.13. The molecule has 68 valence electrons. The molecule has 3 heteroatoms. The lowest BCUT2D eigenvalue weighted by atomic mass is 10.1. The SMILES string of the molecule is N#Cc1ccc(-c2cccs2)cc1O. The summed E-state index contributed by atoms with van der Waals surface area (Å²) in [4.78, 5) is 1.09. The second-order valence-corrected chi connectivity index (χ2v) is 3.77. The lowest BCUT2D eigenvalue weighted by Gasteiger charge is -1.99. The smallest absolute Gasteiger partial charge is 0.133 e. The summed E-state index contributed by atoms with van der Waals surface area (Å²) < 4.78 is 0. The zero-order chi connectivity index (χ0) is 9.97. The number of phenols is 1. The predicted octanol–water partition coefficient (Wildman–Crippen LogP) is 2.99. The van der Waals surface area contributed by atoms with Gasteiger partial charge in [-0.15, -0.1) is 11.3 Å². The van der Waals surface area contributed by atoms with Crippen molar-refractivity contribution < 1.29 is 5.11 Å². The number of nitrogens with zero attached hydrogens (tertiary/aromatic N) is 1. The molecule has 0 fully saturated rings. The van der Waals surface area contributed by atoms with E-state index in [0.29, 0.717) is 5.56 Å². The van der Waals surface area contributed by atoms with E-state index < -0.39 is 0 Å². The Labute approximate surface area is 85.7 Å². The summed E-state index contributed by atoms with van der Waals surface area (Å²) in [5.41, 5.74) is 1.25. The van der Waals surface area contributed by atoms with Crippen molar-refractivity contribution in [2.24, 2.45) is 0 Å². The normalized spacial score (nSPS) is 9.64. The molecule has 0 radical (unpaired) electrons. The van der Waals surface area contributed by atoms with Gasteiger partial charge in [-0.2, -0.15) is 5.26 Å². The summed E-state index contributed by atoms with van der Waals surface area (Å²) in [6, 6.07) is 10.9. The molecular formula is C11H7NOS. The number of hydrogen-bond donors (Lipinski definition) is 1. The Morgan fingerprint density at radius 3 is 2.71 bits per heavy atom. The van der Waals surface area contributed by atoms with Gasteiger partial charge >= 0.3 is 0 Å². The van der Waals surface area contributed by atoms with E-state index in [2.05, 4.69) is 0 Å². The van der Waals surface area contributed by atoms with Crippen LogP contribution in [0, 0.1) is 11.3 Å². The molecule has 0 saturated carbocycles. The molecule has 1 heterocycles. The first-order chi connectivity index (χ1) is 6.81. The maximum absolute atomic E-state index is 9.47. The van der Waals surface area contributed by atoms with Crippen LogP contribution in [0.2, 0.25) is 0 Å². The Bertz CT molecular complexity index is 482. The van der Waals surface area contributed by atoms with Crippen molar-refractivity contribution in [3.05, 3.63) is 41.3 Å². The fourth-order valence-electron chi connectivity index (χ4n) is 1.22. The third-order valence-electron chi connectivity index (χ3n) is 1.92. The number of nitriles is 1. The molecule has 14 heavy (non-hydrogen) atoms. The second kappa shape index (κ2) is 3.52. The van der Waals surface area contributed by atoms with Gasteiger partial charge in [0.15, 0.2) is 0 Å². The van der Waals surface area contributed by atoms with Crippen LogP contribution in [0.3, 0.4) is 0 Å². The van der Waals surface area contributed by atoms with Gasteiger partial charge in [0.25, 0.3) is 0 Å². The van der Waals surface area contributed by atoms with Crippen LogP contribution in [-0.4, -0.2) is 5.11 Å². The molecule has 0 bridgehead atoms. The van der Waals surface area contributed by atoms with Crippen molar-refractivity contribution in [1.29, 1.82) is 5.26 Å². The van der Waals surface area contributed by atoms with Gasteiger partial charge in [-0.05, 0) is 29.1 Å². The van der Waals surface area contributed by atoms with E-state index in [9.17, 15) is 5.11 Å². The lowest BCUT2D eigenvalue weighted by molar-refractivity contribution is 0.474. The van der Waals surface area contributed by atoms with Crippen molar-refractivity contribution in [3.63, 3.8) is 0 Å². The molecule has 0 saturated heterocycles. The first-order valence-corrected chi connectivity index (χ1v) is 4.96. The van der Waals surface area contributed by atoms with Gasteiger partial charge in [0.2, 0.25) is 0 Å². The van der Waals surface area contributed by atoms with Crippen LogP contribution in [0.4, 0.5) is 0 Å². The first kappa shape index (κ1) is 8.79. The summed E-state index contributed by atoms with van der Waals surface area (Å²) in [6.45, 7) is 0. The van der Waals surface area contributed by atoms with E-state index in [-0.39, 0.29) is 5.75 Å². The average Bonchev–Trinajstić information content (AvgIpc) is 2.70. The van der Waals surface area contributed by atoms with Crippen LogP contribution < -0.4 is 0 Å². The van der Waals surface area contributed by atoms with Crippen LogP contribution in [0.1, 0.15) is 5.56 Å². The van der Waals surface area contributed by atoms with E-state index in [0.717, 1.165) is 10.4 Å². The molecule has 2 rings (SSSR count). The summed E-state index contributed by atoms with van der Waals surface area (Å²) in [7, 11) is 0. The predicted molar refractivity (Wildman–Crippen MR) is 56.1 cm³/mol. The number of aromatic hydroxyl groups is 1. The first-order valence-electron chi connectivity index (χ1n) is 4.08. The molecule has 2 aromatic rings. The van der Waals surface area contributed by atoms with E-state index >= 15 is 0 Å². The third-order valence-corrected chi connectivity index (χ3v) is 2.84. The summed E-state index contributed by atoms with van der Waals surface area (Å²) in [5.74, 6) is 0.0402. The van der Waals surface area contributed by atoms with Gasteiger partial charge in [0, 0.05) is 4.88 Å². The van der Waals surface area contributed by atoms with E-state index in [4.69, 9.17) is 5.26 Å². The van der Waals surface area contributed by atoms with Gasteiger partial charge in [-0.1, -0.05) is 12.1 Å². The van der Waals surface area contributed by atoms with Crippen molar-refractivity contribution in [3.8, 4) is 22.3 Å². The van der Waals surface area contributed by atoms with Gasteiger partial charge in [-0.25, -0.2) is 0 Å². The van der Waals surface area contributed by atoms with Crippen molar-refractivity contribution >= 4 is 11.3 Å². The zero-order valence-electron chi connectivity index (χ0n) is 7.27. The Balaban J connectivity index is 2.49. The Hall–Kier alpha value is -1.79. The second-order valence-electron chi connectivity index (χ2n) is 2.82. The molecule has 2 nitrogen and oxygen atoms in total. The van der Waals surface area contributed by atoms with Gasteiger partial charge < -0.3 is 5.11 Å². The van der Waals surface area contributed by atoms with Gasteiger partial charge in [0.1, 0.15) is 11.8 Å². The number of thiophene rings is 1. The quantitative estimate of drug-likeness (QED) is 0.770. The molecule has 0 aliphatic carbocycles.